The summed E-state index contributed by atoms with van der Waals surface area (Å²) in [5.41, 5.74) is 2.34. The van der Waals surface area contributed by atoms with Crippen molar-refractivity contribution in [2.24, 2.45) is 0 Å². The summed E-state index contributed by atoms with van der Waals surface area (Å²) < 4.78 is 0. The van der Waals surface area contributed by atoms with E-state index in [-0.39, 0.29) is 6.04 Å². The fourth-order valence-corrected chi connectivity index (χ4v) is 2.31. The van der Waals surface area contributed by atoms with Gasteiger partial charge in [0.15, 0.2) is 0 Å². The van der Waals surface area contributed by atoms with E-state index in [1.165, 1.54) is 0 Å². The summed E-state index contributed by atoms with van der Waals surface area (Å²) in [4.78, 5) is 4.49. The van der Waals surface area contributed by atoms with Crippen LogP contribution in [0, 0.1) is 6.92 Å². The van der Waals surface area contributed by atoms with E-state index >= 15 is 0 Å². The molecule has 19 heavy (non-hydrogen) atoms. The van der Waals surface area contributed by atoms with Gasteiger partial charge in [-0.25, -0.2) is 4.98 Å². The highest BCUT2D eigenvalue weighted by molar-refractivity contribution is 7.09. The molecule has 0 amide bonds. The topological polar surface area (TPSA) is 45.2 Å². The molecule has 0 bridgehead atoms. The molecule has 2 aromatic rings. The zero-order chi connectivity index (χ0) is 14.0. The van der Waals surface area contributed by atoms with Gasteiger partial charge in [0, 0.05) is 16.6 Å². The molecule has 0 aliphatic carbocycles. The number of benzene rings is 1. The van der Waals surface area contributed by atoms with Gasteiger partial charge in [0.25, 0.3) is 0 Å². The molecule has 0 spiro atoms. The van der Waals surface area contributed by atoms with Crippen molar-refractivity contribution in [3.8, 4) is 11.3 Å². The first-order chi connectivity index (χ1) is 8.86. The fourth-order valence-electron chi connectivity index (χ4n) is 1.69. The average molecular weight is 276 g/mol. The van der Waals surface area contributed by atoms with Crippen molar-refractivity contribution in [2.45, 2.75) is 39.3 Å². The van der Waals surface area contributed by atoms with Crippen molar-refractivity contribution < 1.29 is 5.11 Å². The van der Waals surface area contributed by atoms with Gasteiger partial charge in [-0.2, -0.15) is 0 Å². The normalized spacial score (nSPS) is 13.3. The van der Waals surface area contributed by atoms with Crippen molar-refractivity contribution in [1.82, 2.24) is 4.98 Å². The molecule has 0 aliphatic rings. The third-order valence-electron chi connectivity index (χ3n) is 3.22. The number of aromatic nitrogens is 1. The van der Waals surface area contributed by atoms with E-state index in [1.54, 1.807) is 25.2 Å². The van der Waals surface area contributed by atoms with Gasteiger partial charge in [0.05, 0.1) is 22.3 Å². The van der Waals surface area contributed by atoms with Crippen LogP contribution in [0.15, 0.2) is 29.6 Å². The molecule has 102 valence electrons. The number of rotatable bonds is 4. The smallest absolute Gasteiger partial charge is 0.0901 e. The Labute approximate surface area is 118 Å². The molecule has 0 radical (unpaired) electrons. The number of thiazole rings is 1. The summed E-state index contributed by atoms with van der Waals surface area (Å²) in [7, 11) is 0. The SMILES string of the molecule is Cc1nc(-c2cccc(NC(C)C(C)(C)O)c2)cs1. The standard InChI is InChI=1S/C15H20N2OS/c1-10(15(3,4)18)16-13-7-5-6-12(8-13)14-9-19-11(2)17-14/h5-10,16,18H,1-4H3. The second-order valence-electron chi connectivity index (χ2n) is 5.35. The lowest BCUT2D eigenvalue weighted by Crippen LogP contribution is -2.39. The Kier molecular flexibility index (Phi) is 3.92. The molecular weight excluding hydrogens is 256 g/mol. The van der Waals surface area contributed by atoms with Gasteiger partial charge in [-0.15, -0.1) is 11.3 Å². The molecule has 3 nitrogen and oxygen atoms in total. The molecular formula is C15H20N2OS. The summed E-state index contributed by atoms with van der Waals surface area (Å²) in [6.07, 6.45) is 0. The van der Waals surface area contributed by atoms with E-state index < -0.39 is 5.60 Å². The maximum Gasteiger partial charge on any atom is 0.0901 e. The number of nitrogens with one attached hydrogen (secondary N) is 1. The van der Waals surface area contributed by atoms with Gasteiger partial charge in [0.1, 0.15) is 0 Å². The first-order valence-corrected chi connectivity index (χ1v) is 7.26. The van der Waals surface area contributed by atoms with Crippen LogP contribution in [0.1, 0.15) is 25.8 Å². The number of aryl methyl sites for hydroxylation is 1. The molecule has 2 N–H and O–H groups in total. The molecule has 1 atom stereocenters. The zero-order valence-corrected chi connectivity index (χ0v) is 12.6. The maximum atomic E-state index is 9.96. The molecule has 2 rings (SSSR count). The van der Waals surface area contributed by atoms with E-state index in [0.717, 1.165) is 22.0 Å². The van der Waals surface area contributed by atoms with Gasteiger partial charge >= 0.3 is 0 Å². The Bertz CT molecular complexity index is 557. The van der Waals surface area contributed by atoms with E-state index in [1.807, 2.05) is 26.0 Å². The number of anilines is 1. The largest absolute Gasteiger partial charge is 0.388 e. The van der Waals surface area contributed by atoms with Crippen molar-refractivity contribution in [3.63, 3.8) is 0 Å². The Morgan fingerprint density at radius 2 is 2.11 bits per heavy atom. The first-order valence-electron chi connectivity index (χ1n) is 6.38. The fraction of sp³-hybridized carbons (Fsp3) is 0.400. The summed E-state index contributed by atoms with van der Waals surface area (Å²) in [6, 6.07) is 8.10. The lowest BCUT2D eigenvalue weighted by atomic mass is 10.0. The quantitative estimate of drug-likeness (QED) is 0.895. The van der Waals surface area contributed by atoms with Crippen LogP contribution >= 0.6 is 11.3 Å². The molecule has 0 aliphatic heterocycles. The average Bonchev–Trinajstić information content (AvgIpc) is 2.75. The first kappa shape index (κ1) is 14.0. The van der Waals surface area contributed by atoms with Gasteiger partial charge in [-0.1, -0.05) is 12.1 Å². The number of nitrogens with zero attached hydrogens (tertiary/aromatic N) is 1. The zero-order valence-electron chi connectivity index (χ0n) is 11.8. The number of hydrogen-bond donors (Lipinski definition) is 2. The van der Waals surface area contributed by atoms with Gasteiger partial charge in [0.2, 0.25) is 0 Å². The minimum Gasteiger partial charge on any atom is -0.388 e. The van der Waals surface area contributed by atoms with Crippen LogP contribution in [0.25, 0.3) is 11.3 Å². The Balaban J connectivity index is 2.20. The third kappa shape index (κ3) is 3.55. The highest BCUT2D eigenvalue weighted by Crippen LogP contribution is 2.25. The Morgan fingerprint density at radius 3 is 2.68 bits per heavy atom. The molecule has 0 saturated heterocycles. The molecule has 1 heterocycles. The highest BCUT2D eigenvalue weighted by atomic mass is 32.1. The third-order valence-corrected chi connectivity index (χ3v) is 3.99. The van der Waals surface area contributed by atoms with Crippen LogP contribution in [0.5, 0.6) is 0 Å². The van der Waals surface area contributed by atoms with Crippen molar-refractivity contribution in [2.75, 3.05) is 5.32 Å². The van der Waals surface area contributed by atoms with Crippen LogP contribution in [0.4, 0.5) is 5.69 Å². The molecule has 1 aromatic heterocycles. The molecule has 1 unspecified atom stereocenters. The van der Waals surface area contributed by atoms with Crippen molar-refractivity contribution in [1.29, 1.82) is 0 Å². The van der Waals surface area contributed by atoms with Crippen molar-refractivity contribution in [3.05, 3.63) is 34.7 Å². The molecule has 0 fully saturated rings. The van der Waals surface area contributed by atoms with E-state index in [0.29, 0.717) is 0 Å². The Morgan fingerprint density at radius 1 is 1.37 bits per heavy atom. The second-order valence-corrected chi connectivity index (χ2v) is 6.41. The van der Waals surface area contributed by atoms with Gasteiger partial charge in [-0.3, -0.25) is 0 Å². The predicted molar refractivity (Wildman–Crippen MR) is 81.7 cm³/mol. The number of aliphatic hydroxyl groups is 1. The van der Waals surface area contributed by atoms with Gasteiger partial charge < -0.3 is 10.4 Å². The Hall–Kier alpha value is -1.39. The molecule has 0 saturated carbocycles. The van der Waals surface area contributed by atoms with Crippen molar-refractivity contribution >= 4 is 17.0 Å². The highest BCUT2D eigenvalue weighted by Gasteiger charge is 2.21. The van der Waals surface area contributed by atoms with E-state index in [2.05, 4.69) is 27.8 Å². The summed E-state index contributed by atoms with van der Waals surface area (Å²) >= 11 is 1.65. The minimum atomic E-state index is -0.757. The second kappa shape index (κ2) is 5.31. The lowest BCUT2D eigenvalue weighted by molar-refractivity contribution is 0.0649. The maximum absolute atomic E-state index is 9.96. The summed E-state index contributed by atoms with van der Waals surface area (Å²) in [6.45, 7) is 7.59. The van der Waals surface area contributed by atoms with Crippen LogP contribution in [0.3, 0.4) is 0 Å². The predicted octanol–water partition coefficient (Wildman–Crippen LogP) is 3.69. The van der Waals surface area contributed by atoms with Crippen LogP contribution in [0.2, 0.25) is 0 Å². The molecule has 1 aromatic carbocycles. The van der Waals surface area contributed by atoms with Gasteiger partial charge in [-0.05, 0) is 39.8 Å². The lowest BCUT2D eigenvalue weighted by Gasteiger charge is -2.27. The van der Waals surface area contributed by atoms with E-state index in [4.69, 9.17) is 0 Å². The summed E-state index contributed by atoms with van der Waals surface area (Å²) in [5, 5.41) is 16.4. The number of hydrogen-bond acceptors (Lipinski definition) is 4. The van der Waals surface area contributed by atoms with Crippen LogP contribution < -0.4 is 5.32 Å². The van der Waals surface area contributed by atoms with E-state index in [9.17, 15) is 5.11 Å². The van der Waals surface area contributed by atoms with Crippen LogP contribution in [-0.2, 0) is 0 Å². The molecule has 4 heteroatoms. The minimum absolute atomic E-state index is 0.0279. The van der Waals surface area contributed by atoms with Crippen LogP contribution in [-0.4, -0.2) is 21.7 Å². The summed E-state index contributed by atoms with van der Waals surface area (Å²) in [5.74, 6) is 0. The monoisotopic (exact) mass is 276 g/mol.